The highest BCUT2D eigenvalue weighted by atomic mass is 16.5. The van der Waals surface area contributed by atoms with Crippen LogP contribution in [-0.2, 0) is 6.42 Å². The largest absolute Gasteiger partial charge is 0.497 e. The van der Waals surface area contributed by atoms with E-state index in [1.807, 2.05) is 12.1 Å². The van der Waals surface area contributed by atoms with E-state index in [4.69, 9.17) is 10.5 Å². The lowest BCUT2D eigenvalue weighted by Crippen LogP contribution is -2.17. The SMILES string of the molecule is CCCCCc1c(-c2ccc(OC)cc2)c(C(N)=O)c(C)n1C1CCCCCCC1. The molecule has 1 fully saturated rings. The van der Waals surface area contributed by atoms with E-state index in [2.05, 4.69) is 30.5 Å². The third kappa shape index (κ3) is 4.91. The average molecular weight is 411 g/mol. The highest BCUT2D eigenvalue weighted by Gasteiger charge is 2.28. The summed E-state index contributed by atoms with van der Waals surface area (Å²) in [6.07, 6.45) is 13.4. The van der Waals surface area contributed by atoms with E-state index in [9.17, 15) is 4.79 Å². The summed E-state index contributed by atoms with van der Waals surface area (Å²) in [7, 11) is 1.68. The topological polar surface area (TPSA) is 57.2 Å². The molecule has 1 saturated carbocycles. The number of benzene rings is 1. The molecule has 1 amide bonds. The lowest BCUT2D eigenvalue weighted by Gasteiger charge is -2.26. The van der Waals surface area contributed by atoms with Crippen LogP contribution in [0.1, 0.15) is 98.9 Å². The van der Waals surface area contributed by atoms with Crippen molar-refractivity contribution < 1.29 is 9.53 Å². The van der Waals surface area contributed by atoms with Crippen molar-refractivity contribution in [1.29, 1.82) is 0 Å². The Morgan fingerprint density at radius 1 is 1.07 bits per heavy atom. The average Bonchev–Trinajstić information content (AvgIpc) is 3.00. The number of aromatic nitrogens is 1. The number of hydrogen-bond donors (Lipinski definition) is 1. The molecule has 164 valence electrons. The molecule has 1 aliphatic carbocycles. The van der Waals surface area contributed by atoms with Gasteiger partial charge in [-0.2, -0.15) is 0 Å². The van der Waals surface area contributed by atoms with E-state index in [0.717, 1.165) is 35.4 Å². The minimum atomic E-state index is -0.320. The van der Waals surface area contributed by atoms with Gasteiger partial charge in [-0.25, -0.2) is 0 Å². The van der Waals surface area contributed by atoms with Gasteiger partial charge in [0.2, 0.25) is 0 Å². The van der Waals surface area contributed by atoms with Crippen molar-refractivity contribution in [3.8, 4) is 16.9 Å². The molecule has 4 heteroatoms. The Morgan fingerprint density at radius 3 is 2.27 bits per heavy atom. The molecule has 0 atom stereocenters. The summed E-state index contributed by atoms with van der Waals surface area (Å²) in [5, 5.41) is 0. The molecule has 30 heavy (non-hydrogen) atoms. The predicted molar refractivity (Wildman–Crippen MR) is 124 cm³/mol. The minimum absolute atomic E-state index is 0.320. The van der Waals surface area contributed by atoms with Gasteiger partial charge in [-0.3, -0.25) is 4.79 Å². The summed E-state index contributed by atoms with van der Waals surface area (Å²) in [6, 6.07) is 8.53. The number of carbonyl (C=O) groups is 1. The number of ether oxygens (including phenoxy) is 1. The predicted octanol–water partition coefficient (Wildman–Crippen LogP) is 6.59. The fraction of sp³-hybridized carbons (Fsp3) is 0.577. The Bertz CT molecular complexity index is 828. The molecule has 2 aromatic rings. The van der Waals surface area contributed by atoms with Gasteiger partial charge in [-0.1, -0.05) is 64.0 Å². The van der Waals surface area contributed by atoms with Crippen molar-refractivity contribution in [2.75, 3.05) is 7.11 Å². The number of methoxy groups -OCH3 is 1. The standard InChI is InChI=1S/C26H38N2O2/c1-4-5-9-14-23-25(20-15-17-22(30-3)18-16-20)24(26(27)29)19(2)28(23)21-12-10-7-6-8-11-13-21/h15-18,21H,4-14H2,1-3H3,(H2,27,29). The fourth-order valence-corrected chi connectivity index (χ4v) is 5.11. The molecule has 3 rings (SSSR count). The maximum absolute atomic E-state index is 12.6. The molecule has 0 unspecified atom stereocenters. The molecule has 0 spiro atoms. The van der Waals surface area contributed by atoms with Crippen LogP contribution in [0.3, 0.4) is 0 Å². The Balaban J connectivity index is 2.15. The second-order valence-electron chi connectivity index (χ2n) is 8.70. The summed E-state index contributed by atoms with van der Waals surface area (Å²) in [5.74, 6) is 0.503. The molecular weight excluding hydrogens is 372 g/mol. The second-order valence-corrected chi connectivity index (χ2v) is 8.70. The summed E-state index contributed by atoms with van der Waals surface area (Å²) in [6.45, 7) is 4.33. The zero-order valence-corrected chi connectivity index (χ0v) is 19.0. The summed E-state index contributed by atoms with van der Waals surface area (Å²) >= 11 is 0. The fourth-order valence-electron chi connectivity index (χ4n) is 5.11. The van der Waals surface area contributed by atoms with E-state index >= 15 is 0 Å². The zero-order chi connectivity index (χ0) is 21.5. The lowest BCUT2D eigenvalue weighted by atomic mass is 9.95. The first kappa shape index (κ1) is 22.5. The first-order valence-electron chi connectivity index (χ1n) is 11.8. The van der Waals surface area contributed by atoms with E-state index in [-0.39, 0.29) is 5.91 Å². The van der Waals surface area contributed by atoms with Crippen LogP contribution in [0.25, 0.3) is 11.1 Å². The summed E-state index contributed by atoms with van der Waals surface area (Å²) in [5.41, 5.74) is 11.1. The molecule has 0 saturated heterocycles. The van der Waals surface area contributed by atoms with E-state index < -0.39 is 0 Å². The Labute approximate surface area is 181 Å². The van der Waals surface area contributed by atoms with Crippen LogP contribution in [0.4, 0.5) is 0 Å². The molecule has 2 N–H and O–H groups in total. The van der Waals surface area contributed by atoms with E-state index in [0.29, 0.717) is 11.6 Å². The molecule has 0 radical (unpaired) electrons. The van der Waals surface area contributed by atoms with Gasteiger partial charge in [0.1, 0.15) is 5.75 Å². The summed E-state index contributed by atoms with van der Waals surface area (Å²) in [4.78, 5) is 12.6. The van der Waals surface area contributed by atoms with Gasteiger partial charge < -0.3 is 15.0 Å². The monoisotopic (exact) mass is 410 g/mol. The maximum Gasteiger partial charge on any atom is 0.251 e. The lowest BCUT2D eigenvalue weighted by molar-refractivity contribution is 0.1000. The van der Waals surface area contributed by atoms with Crippen molar-refractivity contribution in [2.24, 2.45) is 5.73 Å². The van der Waals surface area contributed by atoms with Crippen molar-refractivity contribution in [2.45, 2.75) is 90.5 Å². The van der Waals surface area contributed by atoms with Gasteiger partial charge in [0.05, 0.1) is 12.7 Å². The number of rotatable bonds is 8. The zero-order valence-electron chi connectivity index (χ0n) is 19.0. The Hall–Kier alpha value is -2.23. The molecule has 1 aromatic carbocycles. The van der Waals surface area contributed by atoms with Gasteiger partial charge >= 0.3 is 0 Å². The number of hydrogen-bond acceptors (Lipinski definition) is 2. The summed E-state index contributed by atoms with van der Waals surface area (Å²) < 4.78 is 7.85. The number of amides is 1. The number of carbonyl (C=O) groups excluding carboxylic acids is 1. The smallest absolute Gasteiger partial charge is 0.251 e. The van der Waals surface area contributed by atoms with Gasteiger partial charge in [-0.15, -0.1) is 0 Å². The van der Waals surface area contributed by atoms with Crippen molar-refractivity contribution in [1.82, 2.24) is 4.57 Å². The third-order valence-electron chi connectivity index (χ3n) is 6.63. The quantitative estimate of drug-likeness (QED) is 0.499. The maximum atomic E-state index is 12.6. The molecule has 1 heterocycles. The molecule has 0 aliphatic heterocycles. The van der Waals surface area contributed by atoms with Crippen LogP contribution >= 0.6 is 0 Å². The Morgan fingerprint density at radius 2 is 1.70 bits per heavy atom. The number of nitrogens with zero attached hydrogens (tertiary/aromatic N) is 1. The third-order valence-corrected chi connectivity index (χ3v) is 6.63. The van der Waals surface area contributed by atoms with Crippen LogP contribution < -0.4 is 10.5 Å². The highest BCUT2D eigenvalue weighted by Crippen LogP contribution is 2.39. The van der Waals surface area contributed by atoms with Crippen molar-refractivity contribution >= 4 is 5.91 Å². The second kappa shape index (κ2) is 10.7. The Kier molecular flexibility index (Phi) is 8.01. The van der Waals surface area contributed by atoms with Crippen LogP contribution in [0.15, 0.2) is 24.3 Å². The molecular formula is C26H38N2O2. The van der Waals surface area contributed by atoms with Crippen molar-refractivity contribution in [3.05, 3.63) is 41.2 Å². The van der Waals surface area contributed by atoms with Gasteiger partial charge in [0, 0.05) is 23.0 Å². The van der Waals surface area contributed by atoms with Gasteiger partial charge in [0.25, 0.3) is 5.91 Å². The molecule has 1 aromatic heterocycles. The minimum Gasteiger partial charge on any atom is -0.497 e. The van der Waals surface area contributed by atoms with Crippen molar-refractivity contribution in [3.63, 3.8) is 0 Å². The van der Waals surface area contributed by atoms with Gasteiger partial charge in [-0.05, 0) is 50.3 Å². The number of primary amides is 1. The van der Waals surface area contributed by atoms with Crippen LogP contribution in [0, 0.1) is 6.92 Å². The van der Waals surface area contributed by atoms with Crippen LogP contribution in [0.2, 0.25) is 0 Å². The van der Waals surface area contributed by atoms with Crippen LogP contribution in [0.5, 0.6) is 5.75 Å². The number of unbranched alkanes of at least 4 members (excludes halogenated alkanes) is 2. The normalized spacial score (nSPS) is 15.6. The van der Waals surface area contributed by atoms with Crippen LogP contribution in [-0.4, -0.2) is 17.6 Å². The van der Waals surface area contributed by atoms with E-state index in [1.165, 1.54) is 63.5 Å². The highest BCUT2D eigenvalue weighted by molar-refractivity contribution is 6.02. The molecule has 4 nitrogen and oxygen atoms in total. The molecule has 0 bridgehead atoms. The first-order valence-corrected chi connectivity index (χ1v) is 11.8. The molecule has 1 aliphatic rings. The first-order chi connectivity index (χ1) is 14.6. The van der Waals surface area contributed by atoms with Gasteiger partial charge in [0.15, 0.2) is 0 Å². The van der Waals surface area contributed by atoms with E-state index in [1.54, 1.807) is 7.11 Å². The number of nitrogens with two attached hydrogens (primary N) is 1.